The van der Waals surface area contributed by atoms with Crippen molar-refractivity contribution in [3.05, 3.63) is 47.5 Å². The third-order valence-electron chi connectivity index (χ3n) is 2.75. The van der Waals surface area contributed by atoms with E-state index in [9.17, 15) is 0 Å². The third-order valence-corrected chi connectivity index (χ3v) is 3.22. The molecule has 1 aliphatic carbocycles. The van der Waals surface area contributed by atoms with Crippen LogP contribution in [0.2, 0.25) is 0 Å². The van der Waals surface area contributed by atoms with Gasteiger partial charge in [0.1, 0.15) is 0 Å². The fourth-order valence-corrected chi connectivity index (χ4v) is 2.31. The lowest BCUT2D eigenvalue weighted by atomic mass is 9.81. The van der Waals surface area contributed by atoms with Gasteiger partial charge in [-0.15, -0.1) is 9.24 Å². The Morgan fingerprint density at radius 1 is 1.23 bits per heavy atom. The molecule has 0 radical (unpaired) electrons. The van der Waals surface area contributed by atoms with Crippen LogP contribution in [0.15, 0.2) is 42.0 Å². The van der Waals surface area contributed by atoms with Crippen LogP contribution in [0.5, 0.6) is 0 Å². The summed E-state index contributed by atoms with van der Waals surface area (Å²) in [6.07, 6.45) is 6.01. The molecule has 0 saturated heterocycles. The minimum absolute atomic E-state index is 0.819. The summed E-state index contributed by atoms with van der Waals surface area (Å²) in [4.78, 5) is 0. The van der Waals surface area contributed by atoms with Gasteiger partial charge in [0.15, 0.2) is 0 Å². The van der Waals surface area contributed by atoms with Gasteiger partial charge in [0.2, 0.25) is 0 Å². The third kappa shape index (κ3) is 2.00. The van der Waals surface area contributed by atoms with Crippen molar-refractivity contribution in [3.8, 4) is 0 Å². The molecule has 1 heteroatoms. The average Bonchev–Trinajstić information content (AvgIpc) is 2.15. The number of rotatable bonds is 3. The Bertz CT molecular complexity index is 300. The van der Waals surface area contributed by atoms with Crippen molar-refractivity contribution in [2.75, 3.05) is 6.16 Å². The highest BCUT2D eigenvalue weighted by Crippen LogP contribution is 2.31. The average molecular weight is 190 g/mol. The molecule has 0 amide bonds. The number of allylic oxidation sites excluding steroid dienone is 2. The summed E-state index contributed by atoms with van der Waals surface area (Å²) in [5, 5.41) is 0. The lowest BCUT2D eigenvalue weighted by molar-refractivity contribution is 0.563. The zero-order valence-corrected chi connectivity index (χ0v) is 8.89. The second kappa shape index (κ2) is 4.07. The molecule has 0 fully saturated rings. The molecular formula is C12H15P. The first-order valence-corrected chi connectivity index (χ1v) is 5.64. The molecule has 0 bridgehead atoms. The fraction of sp³-hybridized carbons (Fsp3) is 0.333. The Morgan fingerprint density at radius 2 is 2.00 bits per heavy atom. The second-order valence-corrected chi connectivity index (χ2v) is 4.01. The van der Waals surface area contributed by atoms with Crippen LogP contribution in [0, 0.1) is 5.92 Å². The van der Waals surface area contributed by atoms with Crippen LogP contribution in [-0.4, -0.2) is 6.16 Å². The monoisotopic (exact) mass is 190 g/mol. The van der Waals surface area contributed by atoms with Crippen LogP contribution < -0.4 is 0 Å². The van der Waals surface area contributed by atoms with E-state index in [2.05, 4.69) is 45.6 Å². The molecule has 2 rings (SSSR count). The predicted octanol–water partition coefficient (Wildman–Crippen LogP) is 3.05. The van der Waals surface area contributed by atoms with Crippen molar-refractivity contribution >= 4 is 9.24 Å². The second-order valence-electron chi connectivity index (χ2n) is 3.61. The SMILES string of the molecule is PCC1=CCC1Cc1ccccc1. The molecule has 0 N–H and O–H groups in total. The Labute approximate surface area is 82.3 Å². The van der Waals surface area contributed by atoms with Gasteiger partial charge in [-0.1, -0.05) is 42.0 Å². The quantitative estimate of drug-likeness (QED) is 0.507. The van der Waals surface area contributed by atoms with Crippen molar-refractivity contribution in [2.45, 2.75) is 12.8 Å². The van der Waals surface area contributed by atoms with Crippen LogP contribution in [0.1, 0.15) is 12.0 Å². The molecule has 13 heavy (non-hydrogen) atoms. The highest BCUT2D eigenvalue weighted by atomic mass is 31.0. The van der Waals surface area contributed by atoms with Crippen molar-refractivity contribution in [3.63, 3.8) is 0 Å². The largest absolute Gasteiger partial charge is 0.133 e. The van der Waals surface area contributed by atoms with E-state index in [1.54, 1.807) is 5.57 Å². The van der Waals surface area contributed by atoms with E-state index >= 15 is 0 Å². The minimum Gasteiger partial charge on any atom is -0.133 e. The zero-order chi connectivity index (χ0) is 9.10. The van der Waals surface area contributed by atoms with Crippen LogP contribution in [-0.2, 0) is 6.42 Å². The van der Waals surface area contributed by atoms with Gasteiger partial charge in [-0.2, -0.15) is 0 Å². The van der Waals surface area contributed by atoms with Gasteiger partial charge < -0.3 is 0 Å². The van der Waals surface area contributed by atoms with Crippen molar-refractivity contribution in [1.29, 1.82) is 0 Å². The topological polar surface area (TPSA) is 0 Å². The molecule has 2 unspecified atom stereocenters. The van der Waals surface area contributed by atoms with Crippen LogP contribution >= 0.6 is 9.24 Å². The Kier molecular flexibility index (Phi) is 2.80. The molecule has 0 heterocycles. The van der Waals surface area contributed by atoms with Crippen LogP contribution in [0.25, 0.3) is 0 Å². The van der Waals surface area contributed by atoms with Crippen LogP contribution in [0.3, 0.4) is 0 Å². The molecule has 1 aromatic carbocycles. The van der Waals surface area contributed by atoms with Gasteiger partial charge in [-0.05, 0) is 30.5 Å². The highest BCUT2D eigenvalue weighted by Gasteiger charge is 2.19. The molecular weight excluding hydrogens is 175 g/mol. The van der Waals surface area contributed by atoms with Gasteiger partial charge in [-0.25, -0.2) is 0 Å². The minimum atomic E-state index is 0.819. The standard InChI is InChI=1S/C12H15P/c13-9-12-7-6-11(12)8-10-4-2-1-3-5-10/h1-5,7,11H,6,8-9,13H2. The Balaban J connectivity index is 1.97. The van der Waals surface area contributed by atoms with Gasteiger partial charge in [-0.3, -0.25) is 0 Å². The molecule has 0 saturated carbocycles. The number of hydrogen-bond acceptors (Lipinski definition) is 0. The van der Waals surface area contributed by atoms with Crippen molar-refractivity contribution in [1.82, 2.24) is 0 Å². The summed E-state index contributed by atoms with van der Waals surface area (Å²) in [5.74, 6) is 0.819. The van der Waals surface area contributed by atoms with Gasteiger partial charge in [0.05, 0.1) is 0 Å². The van der Waals surface area contributed by atoms with E-state index in [1.165, 1.54) is 18.4 Å². The molecule has 0 aliphatic heterocycles. The highest BCUT2D eigenvalue weighted by molar-refractivity contribution is 7.16. The molecule has 68 valence electrons. The fourth-order valence-electron chi connectivity index (χ4n) is 1.81. The van der Waals surface area contributed by atoms with Crippen LogP contribution in [0.4, 0.5) is 0 Å². The first-order valence-electron chi connectivity index (χ1n) is 4.83. The molecule has 0 spiro atoms. The molecule has 1 aliphatic rings. The summed E-state index contributed by atoms with van der Waals surface area (Å²) in [6, 6.07) is 10.8. The van der Waals surface area contributed by atoms with E-state index in [-0.39, 0.29) is 0 Å². The summed E-state index contributed by atoms with van der Waals surface area (Å²) in [7, 11) is 2.81. The van der Waals surface area contributed by atoms with Gasteiger partial charge in [0, 0.05) is 0 Å². The normalized spacial score (nSPS) is 20.7. The van der Waals surface area contributed by atoms with E-state index in [4.69, 9.17) is 0 Å². The molecule has 1 aromatic rings. The number of benzene rings is 1. The predicted molar refractivity (Wildman–Crippen MR) is 60.9 cm³/mol. The summed E-state index contributed by atoms with van der Waals surface area (Å²) < 4.78 is 0. The smallest absolute Gasteiger partial charge is 0.0125 e. The first kappa shape index (κ1) is 8.97. The molecule has 0 aromatic heterocycles. The van der Waals surface area contributed by atoms with E-state index in [0.717, 1.165) is 12.1 Å². The van der Waals surface area contributed by atoms with E-state index in [1.807, 2.05) is 0 Å². The van der Waals surface area contributed by atoms with Gasteiger partial charge >= 0.3 is 0 Å². The van der Waals surface area contributed by atoms with Crippen molar-refractivity contribution < 1.29 is 0 Å². The number of hydrogen-bond donors (Lipinski definition) is 0. The molecule has 2 atom stereocenters. The van der Waals surface area contributed by atoms with Gasteiger partial charge in [0.25, 0.3) is 0 Å². The maximum absolute atomic E-state index is 2.81. The van der Waals surface area contributed by atoms with Crippen molar-refractivity contribution in [2.24, 2.45) is 5.92 Å². The van der Waals surface area contributed by atoms with E-state index < -0.39 is 0 Å². The zero-order valence-electron chi connectivity index (χ0n) is 7.74. The lowest BCUT2D eigenvalue weighted by Gasteiger charge is -2.26. The maximum Gasteiger partial charge on any atom is -0.0125 e. The Hall–Kier alpha value is -0.610. The maximum atomic E-state index is 2.81. The summed E-state index contributed by atoms with van der Waals surface area (Å²) >= 11 is 0. The summed E-state index contributed by atoms with van der Waals surface area (Å²) in [5.41, 5.74) is 3.09. The summed E-state index contributed by atoms with van der Waals surface area (Å²) in [6.45, 7) is 0. The van der Waals surface area contributed by atoms with E-state index in [0.29, 0.717) is 0 Å². The first-order chi connectivity index (χ1) is 6.40. The molecule has 0 nitrogen and oxygen atoms in total. The lowest BCUT2D eigenvalue weighted by Crippen LogP contribution is -2.16. The Morgan fingerprint density at radius 3 is 2.54 bits per heavy atom.